The fraction of sp³-hybridized carbons (Fsp3) is 0.333. The summed E-state index contributed by atoms with van der Waals surface area (Å²) >= 11 is 12.2. The number of benzene rings is 2. The maximum absolute atomic E-state index is 12.7. The molecule has 29 heavy (non-hydrogen) atoms. The molecular formula is C24H22Cl2N2O. The highest BCUT2D eigenvalue weighted by Gasteiger charge is 2.58. The van der Waals surface area contributed by atoms with Crippen LogP contribution in [0, 0.1) is 11.3 Å². The van der Waals surface area contributed by atoms with Gasteiger partial charge in [-0.3, -0.25) is 9.78 Å². The van der Waals surface area contributed by atoms with Gasteiger partial charge in [0.1, 0.15) is 0 Å². The first-order chi connectivity index (χ1) is 14.0. The first-order valence-corrected chi connectivity index (χ1v) is 10.9. The van der Waals surface area contributed by atoms with Crippen molar-refractivity contribution in [2.24, 2.45) is 11.3 Å². The third kappa shape index (κ3) is 3.62. The van der Waals surface area contributed by atoms with Gasteiger partial charge in [-0.25, -0.2) is 0 Å². The number of anilines is 1. The molecule has 0 unspecified atom stereocenters. The first-order valence-electron chi connectivity index (χ1n) is 10.1. The maximum Gasteiger partial charge on any atom is 0.228 e. The summed E-state index contributed by atoms with van der Waals surface area (Å²) in [4.78, 5) is 17.2. The monoisotopic (exact) mass is 424 g/mol. The van der Waals surface area contributed by atoms with Crippen LogP contribution in [0.1, 0.15) is 43.6 Å². The van der Waals surface area contributed by atoms with Gasteiger partial charge in [0.05, 0.1) is 5.52 Å². The van der Waals surface area contributed by atoms with Crippen LogP contribution >= 0.6 is 23.2 Å². The summed E-state index contributed by atoms with van der Waals surface area (Å²) in [5.74, 6) is 0.778. The van der Waals surface area contributed by atoms with E-state index in [0.29, 0.717) is 10.9 Å². The molecule has 2 aliphatic carbocycles. The van der Waals surface area contributed by atoms with Gasteiger partial charge in [0, 0.05) is 33.2 Å². The molecule has 1 spiro atoms. The molecule has 1 atom stereocenters. The minimum Gasteiger partial charge on any atom is -0.326 e. The Hall–Kier alpha value is -2.10. The molecule has 0 saturated heterocycles. The summed E-state index contributed by atoms with van der Waals surface area (Å²) in [6.07, 6.45) is 7.31. The van der Waals surface area contributed by atoms with Gasteiger partial charge in [0.25, 0.3) is 0 Å². The zero-order valence-electron chi connectivity index (χ0n) is 16.0. The van der Waals surface area contributed by atoms with Crippen molar-refractivity contribution in [3.05, 3.63) is 70.3 Å². The van der Waals surface area contributed by atoms with Crippen molar-refractivity contribution in [3.63, 3.8) is 0 Å². The summed E-state index contributed by atoms with van der Waals surface area (Å²) in [5.41, 5.74) is 3.34. The largest absolute Gasteiger partial charge is 0.326 e. The lowest BCUT2D eigenvalue weighted by atomic mass is 9.75. The molecule has 3 aromatic rings. The SMILES string of the molecule is O=C(Nc1ccc(Cl)cc1)[C@H]1C[C@]12CC[C@H](c1ccnc3ccc(Cl)cc31)CC2. The minimum atomic E-state index is 0.128. The van der Waals surface area contributed by atoms with Crippen molar-refractivity contribution in [3.8, 4) is 0 Å². The van der Waals surface area contributed by atoms with Gasteiger partial charge >= 0.3 is 0 Å². The van der Waals surface area contributed by atoms with Gasteiger partial charge in [-0.15, -0.1) is 0 Å². The number of carbonyl (C=O) groups is 1. The van der Waals surface area contributed by atoms with Gasteiger partial charge in [-0.2, -0.15) is 0 Å². The van der Waals surface area contributed by atoms with Crippen LogP contribution in [0.4, 0.5) is 5.69 Å². The van der Waals surface area contributed by atoms with Crippen molar-refractivity contribution >= 4 is 45.7 Å². The van der Waals surface area contributed by atoms with E-state index in [2.05, 4.69) is 16.4 Å². The number of pyridine rings is 1. The van der Waals surface area contributed by atoms with Crippen molar-refractivity contribution < 1.29 is 4.79 Å². The number of halogens is 2. The average molecular weight is 425 g/mol. The van der Waals surface area contributed by atoms with Crippen LogP contribution in [-0.2, 0) is 4.79 Å². The molecule has 2 aromatic carbocycles. The quantitative estimate of drug-likeness (QED) is 0.499. The van der Waals surface area contributed by atoms with Crippen LogP contribution in [0.3, 0.4) is 0 Å². The van der Waals surface area contributed by atoms with E-state index in [-0.39, 0.29) is 17.2 Å². The predicted molar refractivity (Wildman–Crippen MR) is 119 cm³/mol. The Morgan fingerprint density at radius 3 is 2.48 bits per heavy atom. The predicted octanol–water partition coefficient (Wildman–Crippen LogP) is 6.84. The van der Waals surface area contributed by atoms with E-state index in [0.717, 1.165) is 53.7 Å². The molecule has 5 heteroatoms. The molecular weight excluding hydrogens is 403 g/mol. The molecule has 0 bridgehead atoms. The summed E-state index contributed by atoms with van der Waals surface area (Å²) < 4.78 is 0. The Labute approximate surface area is 180 Å². The number of hydrogen-bond acceptors (Lipinski definition) is 2. The molecule has 2 fully saturated rings. The number of rotatable bonds is 3. The normalized spacial score (nSPS) is 25.9. The maximum atomic E-state index is 12.7. The number of amides is 1. The standard InChI is InChI=1S/C24H22Cl2N2O/c25-16-1-4-18(5-2-16)28-23(29)21-14-24(21)10-7-15(8-11-24)19-9-12-27-22-6-3-17(26)13-20(19)22/h1-6,9,12-13,15,21H,7-8,10-11,14H2,(H,28,29)/t15-,21-,24+/m1/s1. The van der Waals surface area contributed by atoms with E-state index in [9.17, 15) is 4.79 Å². The number of aromatic nitrogens is 1. The lowest BCUT2D eigenvalue weighted by molar-refractivity contribution is -0.118. The van der Waals surface area contributed by atoms with E-state index in [1.165, 1.54) is 5.56 Å². The first kappa shape index (κ1) is 18.9. The van der Waals surface area contributed by atoms with E-state index in [1.807, 2.05) is 36.5 Å². The average Bonchev–Trinajstić information content (AvgIpc) is 3.43. The number of nitrogens with one attached hydrogen (secondary N) is 1. The minimum absolute atomic E-state index is 0.128. The number of hydrogen-bond donors (Lipinski definition) is 1. The topological polar surface area (TPSA) is 42.0 Å². The Kier molecular flexibility index (Phi) is 4.76. The number of fused-ring (bicyclic) bond motifs is 1. The second-order valence-electron chi connectivity index (χ2n) is 8.45. The summed E-state index contributed by atoms with van der Waals surface area (Å²) in [5, 5.41) is 5.64. The van der Waals surface area contributed by atoms with Crippen molar-refractivity contribution in [2.45, 2.75) is 38.0 Å². The number of carbonyl (C=O) groups excluding carboxylic acids is 1. The molecule has 1 amide bonds. The molecule has 3 nitrogen and oxygen atoms in total. The molecule has 2 saturated carbocycles. The van der Waals surface area contributed by atoms with Crippen LogP contribution < -0.4 is 5.32 Å². The van der Waals surface area contributed by atoms with Gasteiger partial charge in [0.2, 0.25) is 5.91 Å². The van der Waals surface area contributed by atoms with E-state index in [4.69, 9.17) is 23.2 Å². The van der Waals surface area contributed by atoms with Gasteiger partial charge < -0.3 is 5.32 Å². The zero-order valence-corrected chi connectivity index (χ0v) is 17.5. The van der Waals surface area contributed by atoms with Gasteiger partial charge in [-0.05, 0) is 97.5 Å². The highest BCUT2D eigenvalue weighted by Crippen LogP contribution is 2.63. The van der Waals surface area contributed by atoms with Crippen LogP contribution in [0.25, 0.3) is 10.9 Å². The lowest BCUT2D eigenvalue weighted by Gasteiger charge is -2.30. The van der Waals surface area contributed by atoms with Gasteiger partial charge in [-0.1, -0.05) is 23.2 Å². The second-order valence-corrected chi connectivity index (χ2v) is 9.32. The Morgan fingerprint density at radius 1 is 1.00 bits per heavy atom. The van der Waals surface area contributed by atoms with Crippen LogP contribution in [0.2, 0.25) is 10.0 Å². The highest BCUT2D eigenvalue weighted by atomic mass is 35.5. The third-order valence-electron chi connectivity index (χ3n) is 6.78. The fourth-order valence-corrected chi connectivity index (χ4v) is 5.33. The Morgan fingerprint density at radius 2 is 1.72 bits per heavy atom. The van der Waals surface area contributed by atoms with E-state index < -0.39 is 0 Å². The molecule has 1 N–H and O–H groups in total. The number of nitrogens with zero attached hydrogens (tertiary/aromatic N) is 1. The summed E-state index contributed by atoms with van der Waals surface area (Å²) in [7, 11) is 0. The molecule has 1 aromatic heterocycles. The molecule has 148 valence electrons. The smallest absolute Gasteiger partial charge is 0.228 e. The summed E-state index contributed by atoms with van der Waals surface area (Å²) in [6, 6.07) is 15.4. The zero-order chi connectivity index (χ0) is 20.0. The second kappa shape index (κ2) is 7.30. The highest BCUT2D eigenvalue weighted by molar-refractivity contribution is 6.31. The van der Waals surface area contributed by atoms with Crippen molar-refractivity contribution in [2.75, 3.05) is 5.32 Å². The van der Waals surface area contributed by atoms with Crippen LogP contribution in [0.15, 0.2) is 54.7 Å². The molecule has 2 aliphatic rings. The van der Waals surface area contributed by atoms with E-state index >= 15 is 0 Å². The molecule has 0 aliphatic heterocycles. The Bertz CT molecular complexity index is 1070. The van der Waals surface area contributed by atoms with Crippen molar-refractivity contribution in [1.29, 1.82) is 0 Å². The molecule has 0 radical (unpaired) electrons. The summed E-state index contributed by atoms with van der Waals surface area (Å²) in [6.45, 7) is 0. The molecule has 1 heterocycles. The fourth-order valence-electron chi connectivity index (χ4n) is 5.03. The third-order valence-corrected chi connectivity index (χ3v) is 7.26. The van der Waals surface area contributed by atoms with Crippen molar-refractivity contribution in [1.82, 2.24) is 4.98 Å². The van der Waals surface area contributed by atoms with Crippen LogP contribution in [-0.4, -0.2) is 10.9 Å². The van der Waals surface area contributed by atoms with Crippen LogP contribution in [0.5, 0.6) is 0 Å². The van der Waals surface area contributed by atoms with Gasteiger partial charge in [0.15, 0.2) is 0 Å². The van der Waals surface area contributed by atoms with E-state index in [1.54, 1.807) is 12.1 Å². The lowest BCUT2D eigenvalue weighted by Crippen LogP contribution is -2.22. The molecule has 5 rings (SSSR count). The Balaban J connectivity index is 1.26.